The molecule has 1 aliphatic rings. The van der Waals surface area contributed by atoms with E-state index in [1.165, 1.54) is 4.90 Å². The van der Waals surface area contributed by atoms with Gasteiger partial charge in [-0.1, -0.05) is 0 Å². The molecule has 1 aromatic carbocycles. The summed E-state index contributed by atoms with van der Waals surface area (Å²) in [4.78, 5) is 23.3. The van der Waals surface area contributed by atoms with Gasteiger partial charge in [0.25, 0.3) is 11.6 Å². The van der Waals surface area contributed by atoms with E-state index in [0.29, 0.717) is 25.3 Å². The summed E-state index contributed by atoms with van der Waals surface area (Å²) in [6.45, 7) is 1.14. The molecule has 1 fully saturated rings. The third-order valence-corrected chi connectivity index (χ3v) is 2.76. The van der Waals surface area contributed by atoms with Crippen LogP contribution in [0.3, 0.4) is 0 Å². The predicted octanol–water partition coefficient (Wildman–Crippen LogP) is 1.35. The van der Waals surface area contributed by atoms with Gasteiger partial charge >= 0.3 is 0 Å². The van der Waals surface area contributed by atoms with Gasteiger partial charge in [0.2, 0.25) is 0 Å². The first-order valence-electron chi connectivity index (χ1n) is 5.51. The fraction of sp³-hybridized carbons (Fsp3) is 0.364. The van der Waals surface area contributed by atoms with Crippen molar-refractivity contribution in [2.75, 3.05) is 26.3 Å². The number of carbonyl (C=O) groups excluding carboxylic acids is 1. The van der Waals surface area contributed by atoms with Gasteiger partial charge in [-0.2, -0.15) is 0 Å². The summed E-state index contributed by atoms with van der Waals surface area (Å²) in [7, 11) is 0. The minimum Gasteiger partial charge on any atom is -0.378 e. The Labute approximate surface area is 106 Å². The standard InChI is InChI=1S/C11H10F2N2O4/c12-8-5-7(10(15(17)18)6-9(8)13)11(16)14-1-3-19-4-2-14/h5-6H,1-4H2. The number of benzene rings is 1. The fourth-order valence-electron chi connectivity index (χ4n) is 1.80. The lowest BCUT2D eigenvalue weighted by Gasteiger charge is -2.26. The van der Waals surface area contributed by atoms with Gasteiger partial charge in [-0.25, -0.2) is 8.78 Å². The minimum atomic E-state index is -1.36. The van der Waals surface area contributed by atoms with Gasteiger partial charge in [-0.15, -0.1) is 0 Å². The molecule has 102 valence electrons. The zero-order chi connectivity index (χ0) is 14.0. The molecule has 0 bridgehead atoms. The Morgan fingerprint density at radius 3 is 2.42 bits per heavy atom. The normalized spacial score (nSPS) is 15.4. The second-order valence-electron chi connectivity index (χ2n) is 3.95. The van der Waals surface area contributed by atoms with Crippen LogP contribution in [-0.2, 0) is 4.74 Å². The van der Waals surface area contributed by atoms with E-state index in [1.807, 2.05) is 0 Å². The SMILES string of the molecule is O=C(c1cc(F)c(F)cc1[N+](=O)[O-])N1CCOCC1. The Bertz CT molecular complexity index is 530. The maximum absolute atomic E-state index is 13.2. The maximum Gasteiger partial charge on any atom is 0.285 e. The van der Waals surface area contributed by atoms with Crippen LogP contribution in [0.4, 0.5) is 14.5 Å². The van der Waals surface area contributed by atoms with Crippen molar-refractivity contribution in [2.45, 2.75) is 0 Å². The number of hydrogen-bond donors (Lipinski definition) is 0. The first-order chi connectivity index (χ1) is 9.00. The lowest BCUT2D eigenvalue weighted by Crippen LogP contribution is -2.41. The summed E-state index contributed by atoms with van der Waals surface area (Å²) in [5.41, 5.74) is -1.19. The maximum atomic E-state index is 13.2. The van der Waals surface area contributed by atoms with Crippen molar-refractivity contribution < 1.29 is 23.2 Å². The Hall–Kier alpha value is -2.09. The Morgan fingerprint density at radius 2 is 1.84 bits per heavy atom. The molecule has 0 radical (unpaired) electrons. The second-order valence-corrected chi connectivity index (χ2v) is 3.95. The zero-order valence-corrected chi connectivity index (χ0v) is 9.77. The molecule has 1 aliphatic heterocycles. The van der Waals surface area contributed by atoms with Crippen LogP contribution in [0.25, 0.3) is 0 Å². The van der Waals surface area contributed by atoms with E-state index in [4.69, 9.17) is 4.74 Å². The zero-order valence-electron chi connectivity index (χ0n) is 9.77. The molecular weight excluding hydrogens is 262 g/mol. The van der Waals surface area contributed by atoms with E-state index in [2.05, 4.69) is 0 Å². The van der Waals surface area contributed by atoms with Gasteiger partial charge in [-0.05, 0) is 6.07 Å². The first kappa shape index (κ1) is 13.3. The van der Waals surface area contributed by atoms with Crippen LogP contribution in [0.15, 0.2) is 12.1 Å². The predicted molar refractivity (Wildman–Crippen MR) is 59.7 cm³/mol. The molecule has 2 rings (SSSR count). The number of morpholine rings is 1. The number of nitro groups is 1. The van der Waals surface area contributed by atoms with E-state index < -0.39 is 33.7 Å². The molecule has 1 aromatic rings. The average Bonchev–Trinajstić information content (AvgIpc) is 2.41. The van der Waals surface area contributed by atoms with Crippen molar-refractivity contribution in [3.8, 4) is 0 Å². The highest BCUT2D eigenvalue weighted by Crippen LogP contribution is 2.24. The smallest absolute Gasteiger partial charge is 0.285 e. The molecule has 0 atom stereocenters. The van der Waals surface area contributed by atoms with Gasteiger partial charge in [0, 0.05) is 13.1 Å². The molecule has 0 spiro atoms. The Balaban J connectivity index is 2.39. The van der Waals surface area contributed by atoms with Crippen molar-refractivity contribution in [1.29, 1.82) is 0 Å². The first-order valence-corrected chi connectivity index (χ1v) is 5.51. The number of halogens is 2. The number of ether oxygens (including phenoxy) is 1. The van der Waals surface area contributed by atoms with Crippen molar-refractivity contribution in [3.63, 3.8) is 0 Å². The number of nitro benzene ring substituents is 1. The molecule has 0 aliphatic carbocycles. The van der Waals surface area contributed by atoms with Crippen LogP contribution < -0.4 is 0 Å². The summed E-state index contributed by atoms with van der Waals surface area (Å²) in [5.74, 6) is -3.35. The molecule has 8 heteroatoms. The molecule has 0 saturated carbocycles. The molecule has 0 N–H and O–H groups in total. The summed E-state index contributed by atoms with van der Waals surface area (Å²) in [5, 5.41) is 10.8. The molecule has 0 unspecified atom stereocenters. The van der Waals surface area contributed by atoms with Gasteiger partial charge in [-0.3, -0.25) is 14.9 Å². The van der Waals surface area contributed by atoms with Gasteiger partial charge in [0.15, 0.2) is 11.6 Å². The number of carbonyl (C=O) groups is 1. The summed E-state index contributed by atoms with van der Waals surface area (Å²) in [6.07, 6.45) is 0. The molecule has 6 nitrogen and oxygen atoms in total. The van der Waals surface area contributed by atoms with Crippen LogP contribution in [0.1, 0.15) is 10.4 Å². The number of nitrogens with zero attached hydrogens (tertiary/aromatic N) is 2. The van der Waals surface area contributed by atoms with E-state index in [-0.39, 0.29) is 13.1 Å². The summed E-state index contributed by atoms with van der Waals surface area (Å²) >= 11 is 0. The lowest BCUT2D eigenvalue weighted by molar-refractivity contribution is -0.385. The Kier molecular flexibility index (Phi) is 3.70. The third kappa shape index (κ3) is 2.68. The average molecular weight is 272 g/mol. The van der Waals surface area contributed by atoms with E-state index in [9.17, 15) is 23.7 Å². The summed E-state index contributed by atoms with van der Waals surface area (Å²) in [6, 6.07) is 0.980. The van der Waals surface area contributed by atoms with Crippen molar-refractivity contribution in [1.82, 2.24) is 4.90 Å². The quantitative estimate of drug-likeness (QED) is 0.601. The number of amides is 1. The highest BCUT2D eigenvalue weighted by molar-refractivity contribution is 5.98. The largest absolute Gasteiger partial charge is 0.378 e. The van der Waals surface area contributed by atoms with Gasteiger partial charge in [0.1, 0.15) is 5.56 Å². The molecular formula is C11H10F2N2O4. The number of rotatable bonds is 2. The monoisotopic (exact) mass is 272 g/mol. The van der Waals surface area contributed by atoms with Crippen molar-refractivity contribution in [2.24, 2.45) is 0 Å². The fourth-order valence-corrected chi connectivity index (χ4v) is 1.80. The van der Waals surface area contributed by atoms with Crippen molar-refractivity contribution in [3.05, 3.63) is 39.4 Å². The van der Waals surface area contributed by atoms with Gasteiger partial charge < -0.3 is 9.64 Å². The molecule has 0 aromatic heterocycles. The van der Waals surface area contributed by atoms with Crippen LogP contribution in [0, 0.1) is 21.7 Å². The minimum absolute atomic E-state index is 0.259. The molecule has 19 heavy (non-hydrogen) atoms. The summed E-state index contributed by atoms with van der Waals surface area (Å²) < 4.78 is 31.2. The highest BCUT2D eigenvalue weighted by Gasteiger charge is 2.28. The lowest BCUT2D eigenvalue weighted by atomic mass is 10.1. The van der Waals surface area contributed by atoms with Crippen molar-refractivity contribution >= 4 is 11.6 Å². The molecule has 1 heterocycles. The number of hydrogen-bond acceptors (Lipinski definition) is 4. The van der Waals surface area contributed by atoms with E-state index >= 15 is 0 Å². The Morgan fingerprint density at radius 1 is 1.26 bits per heavy atom. The second kappa shape index (κ2) is 5.27. The van der Waals surface area contributed by atoms with Gasteiger partial charge in [0.05, 0.1) is 24.2 Å². The van der Waals surface area contributed by atoms with E-state index in [0.717, 1.165) is 0 Å². The van der Waals surface area contributed by atoms with Crippen LogP contribution in [-0.4, -0.2) is 42.0 Å². The topological polar surface area (TPSA) is 72.7 Å². The molecule has 1 amide bonds. The van der Waals surface area contributed by atoms with Crippen LogP contribution in [0.2, 0.25) is 0 Å². The van der Waals surface area contributed by atoms with Crippen LogP contribution >= 0.6 is 0 Å². The highest BCUT2D eigenvalue weighted by atomic mass is 19.2. The van der Waals surface area contributed by atoms with E-state index in [1.54, 1.807) is 0 Å². The molecule has 1 saturated heterocycles. The van der Waals surface area contributed by atoms with Crippen LogP contribution in [0.5, 0.6) is 0 Å². The third-order valence-electron chi connectivity index (χ3n) is 2.76.